The number of ether oxygens (including phenoxy) is 1. The number of imide groups is 1. The first-order valence-corrected chi connectivity index (χ1v) is 16.3. The molecule has 1 saturated heterocycles. The Morgan fingerprint density at radius 3 is 2.39 bits per heavy atom. The first-order chi connectivity index (χ1) is 23.8. The minimum atomic E-state index is -0.524. The summed E-state index contributed by atoms with van der Waals surface area (Å²) in [6, 6.07) is 15.4. The molecular weight excluding hydrogens is 631 g/mol. The van der Waals surface area contributed by atoms with Gasteiger partial charge in [0.2, 0.25) is 11.8 Å². The van der Waals surface area contributed by atoms with Crippen LogP contribution < -0.4 is 15.5 Å². The molecule has 2 aromatic carbocycles. The van der Waals surface area contributed by atoms with Gasteiger partial charge >= 0.3 is 0 Å². The molecule has 0 spiro atoms. The van der Waals surface area contributed by atoms with Gasteiger partial charge in [0.05, 0.1) is 26.2 Å². The molecule has 3 aromatic rings. The second kappa shape index (κ2) is 15.2. The zero-order valence-corrected chi connectivity index (χ0v) is 26.8. The first kappa shape index (κ1) is 33.5. The number of carbonyl (C=O) groups excluding carboxylic acids is 5. The van der Waals surface area contributed by atoms with Gasteiger partial charge in [-0.1, -0.05) is 12.1 Å². The minimum absolute atomic E-state index is 0.0113. The van der Waals surface area contributed by atoms with Crippen LogP contribution in [-0.4, -0.2) is 90.3 Å². The van der Waals surface area contributed by atoms with Gasteiger partial charge in [-0.05, 0) is 60.4 Å². The van der Waals surface area contributed by atoms with Gasteiger partial charge in [0.1, 0.15) is 5.82 Å². The maximum absolute atomic E-state index is 14.8. The van der Waals surface area contributed by atoms with Crippen LogP contribution in [0.3, 0.4) is 0 Å². The number of hydrogen-bond acceptors (Lipinski definition) is 8. The topological polar surface area (TPSA) is 141 Å². The molecule has 254 valence electrons. The highest BCUT2D eigenvalue weighted by Gasteiger charge is 2.44. The van der Waals surface area contributed by atoms with E-state index in [0.717, 1.165) is 22.6 Å². The van der Waals surface area contributed by atoms with Gasteiger partial charge in [-0.3, -0.25) is 33.9 Å². The fraction of sp³-hybridized carbons (Fsp3) is 0.333. The summed E-state index contributed by atoms with van der Waals surface area (Å²) in [5, 5.41) is 5.54. The second-order valence-electron chi connectivity index (χ2n) is 12.2. The number of pyridine rings is 1. The molecule has 3 aliphatic rings. The van der Waals surface area contributed by atoms with Crippen molar-refractivity contribution in [2.24, 2.45) is 5.92 Å². The van der Waals surface area contributed by atoms with Gasteiger partial charge in [0.25, 0.3) is 17.7 Å². The summed E-state index contributed by atoms with van der Waals surface area (Å²) in [7, 11) is 0. The highest BCUT2D eigenvalue weighted by molar-refractivity contribution is 6.12. The number of hydrogen-bond donors (Lipinski definition) is 2. The number of amides is 5. The summed E-state index contributed by atoms with van der Waals surface area (Å²) in [4.78, 5) is 70.3. The van der Waals surface area contributed by atoms with E-state index >= 15 is 0 Å². The summed E-state index contributed by atoms with van der Waals surface area (Å²) >= 11 is 0. The largest absolute Gasteiger partial charge is 0.379 e. The molecule has 2 atom stereocenters. The summed E-state index contributed by atoms with van der Waals surface area (Å²) in [6.45, 7) is 2.88. The average Bonchev–Trinajstić information content (AvgIpc) is 3.87. The van der Waals surface area contributed by atoms with E-state index in [2.05, 4.69) is 20.5 Å². The smallest absolute Gasteiger partial charge is 0.253 e. The van der Waals surface area contributed by atoms with Gasteiger partial charge in [-0.25, -0.2) is 4.39 Å². The lowest BCUT2D eigenvalue weighted by molar-refractivity contribution is -0.138. The van der Waals surface area contributed by atoms with E-state index in [1.54, 1.807) is 41.6 Å². The Bertz CT molecular complexity index is 1720. The van der Waals surface area contributed by atoms with Crippen molar-refractivity contribution in [2.45, 2.75) is 25.3 Å². The average molecular weight is 669 g/mol. The predicted octanol–water partition coefficient (Wildman–Crippen LogP) is 2.87. The third kappa shape index (κ3) is 8.36. The molecule has 49 heavy (non-hydrogen) atoms. The predicted molar refractivity (Wildman–Crippen MR) is 178 cm³/mol. The van der Waals surface area contributed by atoms with E-state index in [4.69, 9.17) is 4.74 Å². The highest BCUT2D eigenvalue weighted by Crippen LogP contribution is 2.47. The van der Waals surface area contributed by atoms with Crippen molar-refractivity contribution in [2.75, 3.05) is 56.2 Å². The molecule has 1 saturated carbocycles. The fourth-order valence-corrected chi connectivity index (χ4v) is 5.99. The van der Waals surface area contributed by atoms with Gasteiger partial charge in [-0.15, -0.1) is 0 Å². The van der Waals surface area contributed by atoms with E-state index in [-0.39, 0.29) is 74.1 Å². The van der Waals surface area contributed by atoms with E-state index in [1.807, 2.05) is 24.3 Å². The Morgan fingerprint density at radius 1 is 0.939 bits per heavy atom. The Morgan fingerprint density at radius 2 is 1.69 bits per heavy atom. The summed E-state index contributed by atoms with van der Waals surface area (Å²) < 4.78 is 20.3. The number of piperazine rings is 1. The van der Waals surface area contributed by atoms with Crippen molar-refractivity contribution in [3.05, 3.63) is 102 Å². The molecule has 2 fully saturated rings. The fourth-order valence-electron chi connectivity index (χ4n) is 5.99. The zero-order chi connectivity index (χ0) is 34.3. The van der Waals surface area contributed by atoms with E-state index < -0.39 is 5.82 Å². The first-order valence-electron chi connectivity index (χ1n) is 16.3. The monoisotopic (exact) mass is 668 g/mol. The molecule has 0 radical (unpaired) electrons. The van der Waals surface area contributed by atoms with Gasteiger partial charge < -0.3 is 25.2 Å². The molecular formula is C36H37FN6O6. The summed E-state index contributed by atoms with van der Waals surface area (Å²) in [5.41, 5.74) is 3.04. The number of halogens is 1. The molecule has 6 rings (SSSR count). The second-order valence-corrected chi connectivity index (χ2v) is 12.2. The Balaban J connectivity index is 0.891. The number of benzene rings is 2. The van der Waals surface area contributed by atoms with Gasteiger partial charge in [-0.2, -0.15) is 0 Å². The van der Waals surface area contributed by atoms with Crippen LogP contribution in [0, 0.1) is 11.7 Å². The van der Waals surface area contributed by atoms with Crippen LogP contribution in [0.1, 0.15) is 40.2 Å². The van der Waals surface area contributed by atoms with E-state index in [1.165, 1.54) is 18.2 Å². The summed E-state index contributed by atoms with van der Waals surface area (Å²) in [5.74, 6) is -1.80. The van der Waals surface area contributed by atoms with Crippen LogP contribution in [0.15, 0.2) is 79.1 Å². The molecule has 3 heterocycles. The minimum Gasteiger partial charge on any atom is -0.379 e. The lowest BCUT2D eigenvalue weighted by Crippen LogP contribution is -2.49. The van der Waals surface area contributed by atoms with Crippen LogP contribution in [-0.2, 0) is 30.5 Å². The molecule has 5 amide bonds. The number of nitrogens with one attached hydrogen (secondary N) is 2. The molecule has 12 nitrogen and oxygen atoms in total. The Hall–Kier alpha value is -5.43. The normalized spacial score (nSPS) is 18.5. The molecule has 13 heteroatoms. The number of anilines is 2. The van der Waals surface area contributed by atoms with Crippen LogP contribution in [0.5, 0.6) is 0 Å². The van der Waals surface area contributed by atoms with E-state index in [9.17, 15) is 28.4 Å². The van der Waals surface area contributed by atoms with E-state index in [0.29, 0.717) is 43.0 Å². The molecule has 1 unspecified atom stereocenters. The van der Waals surface area contributed by atoms with Crippen molar-refractivity contribution >= 4 is 40.9 Å². The third-order valence-corrected chi connectivity index (χ3v) is 8.95. The molecule has 0 bridgehead atoms. The van der Waals surface area contributed by atoms with Crippen molar-refractivity contribution < 1.29 is 33.1 Å². The lowest BCUT2D eigenvalue weighted by atomic mass is 10.1. The molecule has 2 aliphatic heterocycles. The Kier molecular flexibility index (Phi) is 10.4. The quantitative estimate of drug-likeness (QED) is 0.209. The zero-order valence-electron chi connectivity index (χ0n) is 26.8. The van der Waals surface area contributed by atoms with Gasteiger partial charge in [0, 0.05) is 85.7 Å². The third-order valence-electron chi connectivity index (χ3n) is 8.95. The number of rotatable bonds is 13. The van der Waals surface area contributed by atoms with Crippen molar-refractivity contribution in [3.8, 4) is 0 Å². The standard InChI is InChI=1S/C36H37FN6O6/c37-31-20-27(40-36(48)30-21-29(30)25-2-1-12-38-22-25)6-3-26(31)23-39-35(47)24-4-7-28(8-5-24)41-13-15-42(16-14-41)32(44)11-18-49-19-17-43-33(45)9-10-34(43)46/h1-10,12,20,22,29-30H,11,13-19,21,23H2,(H,39,47)(H,40,48)/t29-,30?/m1/s1. The van der Waals surface area contributed by atoms with Gasteiger partial charge in [0.15, 0.2) is 0 Å². The van der Waals surface area contributed by atoms with Crippen molar-refractivity contribution in [3.63, 3.8) is 0 Å². The number of aromatic nitrogens is 1. The van der Waals surface area contributed by atoms with Crippen LogP contribution in [0.2, 0.25) is 0 Å². The molecule has 1 aliphatic carbocycles. The number of nitrogens with zero attached hydrogens (tertiary/aromatic N) is 4. The lowest BCUT2D eigenvalue weighted by Gasteiger charge is -2.36. The van der Waals surface area contributed by atoms with Crippen molar-refractivity contribution in [1.82, 2.24) is 20.1 Å². The van der Waals surface area contributed by atoms with Crippen LogP contribution in [0.4, 0.5) is 15.8 Å². The SMILES string of the molecule is O=C(NCc1ccc(NC(=O)C2C[C@@H]2c2cccnc2)cc1F)c1ccc(N2CCN(C(=O)CCOCCN3C(=O)C=CC3=O)CC2)cc1. The molecule has 2 N–H and O–H groups in total. The number of carbonyl (C=O) groups is 5. The van der Waals surface area contributed by atoms with Crippen LogP contribution >= 0.6 is 0 Å². The highest BCUT2D eigenvalue weighted by atomic mass is 19.1. The maximum Gasteiger partial charge on any atom is 0.253 e. The molecule has 1 aromatic heterocycles. The maximum atomic E-state index is 14.8. The summed E-state index contributed by atoms with van der Waals surface area (Å²) in [6.07, 6.45) is 6.85. The van der Waals surface area contributed by atoms with Crippen molar-refractivity contribution in [1.29, 1.82) is 0 Å². The van der Waals surface area contributed by atoms with Crippen LogP contribution in [0.25, 0.3) is 0 Å². The Labute approximate surface area is 282 Å².